The number of benzene rings is 3. The number of anilines is 1. The van der Waals surface area contributed by atoms with Crippen molar-refractivity contribution in [3.63, 3.8) is 0 Å². The van der Waals surface area contributed by atoms with Gasteiger partial charge in [-0.1, -0.05) is 24.3 Å². The third-order valence-corrected chi connectivity index (χ3v) is 5.25. The van der Waals surface area contributed by atoms with Crippen LogP contribution in [0.5, 0.6) is 23.0 Å². The SMILES string of the molecule is COc1cc(COC(=O)N[C@@H](C)c2ccc(C(=O)Nc3ccccc3O)cc2)cc(OC)c1OC. The van der Waals surface area contributed by atoms with E-state index in [0.717, 1.165) is 5.56 Å². The number of amides is 2. The molecule has 0 radical (unpaired) electrons. The molecule has 0 aliphatic carbocycles. The Labute approximate surface area is 203 Å². The number of methoxy groups -OCH3 is 3. The van der Waals surface area contributed by atoms with Crippen LogP contribution in [0.3, 0.4) is 0 Å². The molecule has 0 heterocycles. The molecule has 0 saturated carbocycles. The number of carbonyl (C=O) groups is 2. The van der Waals surface area contributed by atoms with Crippen LogP contribution in [-0.2, 0) is 11.3 Å². The van der Waals surface area contributed by atoms with E-state index in [-0.39, 0.29) is 24.3 Å². The lowest BCUT2D eigenvalue weighted by atomic mass is 10.1. The van der Waals surface area contributed by atoms with Gasteiger partial charge in [-0.3, -0.25) is 4.79 Å². The van der Waals surface area contributed by atoms with Crippen LogP contribution in [0.2, 0.25) is 0 Å². The summed E-state index contributed by atoms with van der Waals surface area (Å²) in [5.74, 6) is 1.01. The first-order chi connectivity index (χ1) is 16.9. The Balaban J connectivity index is 1.57. The number of hydrogen-bond donors (Lipinski definition) is 3. The quantitative estimate of drug-likeness (QED) is 0.382. The molecule has 0 bridgehead atoms. The highest BCUT2D eigenvalue weighted by Gasteiger charge is 2.16. The predicted molar refractivity (Wildman–Crippen MR) is 130 cm³/mol. The monoisotopic (exact) mass is 480 g/mol. The number of phenolic OH excluding ortho intramolecular Hbond substituents is 1. The van der Waals surface area contributed by atoms with Crippen LogP contribution in [0.25, 0.3) is 0 Å². The molecule has 9 heteroatoms. The Morgan fingerprint density at radius 3 is 2.11 bits per heavy atom. The zero-order chi connectivity index (χ0) is 25.4. The zero-order valence-electron chi connectivity index (χ0n) is 20.0. The average molecular weight is 481 g/mol. The minimum atomic E-state index is -0.604. The van der Waals surface area contributed by atoms with E-state index in [1.54, 1.807) is 61.5 Å². The Morgan fingerprint density at radius 2 is 1.54 bits per heavy atom. The second-order valence-electron chi connectivity index (χ2n) is 7.57. The molecule has 0 aromatic heterocycles. The van der Waals surface area contributed by atoms with Crippen molar-refractivity contribution in [2.45, 2.75) is 19.6 Å². The standard InChI is InChI=1S/C26H28N2O7/c1-16(18-9-11-19(12-10-18)25(30)28-20-7-5-6-8-21(20)29)27-26(31)35-15-17-13-22(32-2)24(34-4)23(14-17)33-3/h5-14,16,29H,15H2,1-4H3,(H,27,31)(H,28,30)/t16-/m0/s1. The molecule has 0 saturated heterocycles. The Morgan fingerprint density at radius 1 is 0.914 bits per heavy atom. The van der Waals surface area contributed by atoms with Gasteiger partial charge in [-0.15, -0.1) is 0 Å². The second kappa shape index (κ2) is 11.6. The predicted octanol–water partition coefficient (Wildman–Crippen LogP) is 4.66. The number of phenols is 1. The van der Waals surface area contributed by atoms with E-state index in [1.807, 2.05) is 0 Å². The van der Waals surface area contributed by atoms with Gasteiger partial charge in [0.05, 0.1) is 33.1 Å². The molecule has 3 N–H and O–H groups in total. The molecular weight excluding hydrogens is 452 g/mol. The summed E-state index contributed by atoms with van der Waals surface area (Å²) in [6.07, 6.45) is -0.604. The van der Waals surface area contributed by atoms with Crippen molar-refractivity contribution in [2.75, 3.05) is 26.6 Å². The summed E-state index contributed by atoms with van der Waals surface area (Å²) in [5, 5.41) is 15.2. The molecule has 2 amide bonds. The Bertz CT molecular complexity index is 1150. The van der Waals surface area contributed by atoms with E-state index >= 15 is 0 Å². The van der Waals surface area contributed by atoms with Crippen LogP contribution in [0, 0.1) is 0 Å². The fourth-order valence-corrected chi connectivity index (χ4v) is 3.37. The Hall–Kier alpha value is -4.40. The number of para-hydroxylation sites is 2. The maximum atomic E-state index is 12.4. The van der Waals surface area contributed by atoms with Crippen molar-refractivity contribution < 1.29 is 33.6 Å². The van der Waals surface area contributed by atoms with Crippen molar-refractivity contribution in [3.8, 4) is 23.0 Å². The molecule has 3 aromatic rings. The summed E-state index contributed by atoms with van der Waals surface area (Å²) in [6, 6.07) is 16.3. The van der Waals surface area contributed by atoms with Gasteiger partial charge in [0.1, 0.15) is 12.4 Å². The number of aromatic hydroxyl groups is 1. The number of carbonyl (C=O) groups excluding carboxylic acids is 2. The zero-order valence-corrected chi connectivity index (χ0v) is 20.0. The van der Waals surface area contributed by atoms with Crippen molar-refractivity contribution in [2.24, 2.45) is 0 Å². The normalized spacial score (nSPS) is 11.2. The molecule has 0 fully saturated rings. The molecule has 3 aromatic carbocycles. The molecule has 0 unspecified atom stereocenters. The molecule has 0 aliphatic heterocycles. The van der Waals surface area contributed by atoms with E-state index < -0.39 is 6.09 Å². The van der Waals surface area contributed by atoms with Gasteiger partial charge in [-0.05, 0) is 54.4 Å². The summed E-state index contributed by atoms with van der Waals surface area (Å²) in [6.45, 7) is 1.80. The second-order valence-corrected chi connectivity index (χ2v) is 7.57. The van der Waals surface area contributed by atoms with Crippen LogP contribution in [-0.4, -0.2) is 38.4 Å². The average Bonchev–Trinajstić information content (AvgIpc) is 2.88. The van der Waals surface area contributed by atoms with E-state index in [0.29, 0.717) is 34.1 Å². The third kappa shape index (κ3) is 6.35. The van der Waals surface area contributed by atoms with Crippen LogP contribution in [0.1, 0.15) is 34.5 Å². The topological polar surface area (TPSA) is 115 Å². The van der Waals surface area contributed by atoms with Gasteiger partial charge >= 0.3 is 6.09 Å². The summed E-state index contributed by atoms with van der Waals surface area (Å²) in [5.41, 5.74) is 2.19. The number of nitrogens with one attached hydrogen (secondary N) is 2. The van der Waals surface area contributed by atoms with Crippen molar-refractivity contribution in [1.29, 1.82) is 0 Å². The molecule has 9 nitrogen and oxygen atoms in total. The van der Waals surface area contributed by atoms with Crippen LogP contribution < -0.4 is 24.8 Å². The maximum absolute atomic E-state index is 12.4. The number of alkyl carbamates (subject to hydrolysis) is 1. The fraction of sp³-hybridized carbons (Fsp3) is 0.231. The van der Waals surface area contributed by atoms with Gasteiger partial charge in [0, 0.05) is 5.56 Å². The number of ether oxygens (including phenoxy) is 4. The highest BCUT2D eigenvalue weighted by atomic mass is 16.5. The van der Waals surface area contributed by atoms with Crippen LogP contribution in [0.4, 0.5) is 10.5 Å². The first kappa shape index (κ1) is 25.2. The molecule has 1 atom stereocenters. The first-order valence-electron chi connectivity index (χ1n) is 10.8. The van der Waals surface area contributed by atoms with Gasteiger partial charge in [0.25, 0.3) is 5.91 Å². The molecule has 35 heavy (non-hydrogen) atoms. The summed E-state index contributed by atoms with van der Waals surface area (Å²) in [4.78, 5) is 24.8. The van der Waals surface area contributed by atoms with Crippen molar-refractivity contribution in [1.82, 2.24) is 5.32 Å². The third-order valence-electron chi connectivity index (χ3n) is 5.25. The van der Waals surface area contributed by atoms with Gasteiger partial charge in [0.15, 0.2) is 11.5 Å². The van der Waals surface area contributed by atoms with Crippen LogP contribution >= 0.6 is 0 Å². The molecule has 0 spiro atoms. The first-order valence-corrected chi connectivity index (χ1v) is 10.8. The summed E-state index contributed by atoms with van der Waals surface area (Å²) < 4.78 is 21.3. The van der Waals surface area contributed by atoms with E-state index in [4.69, 9.17) is 18.9 Å². The van der Waals surface area contributed by atoms with E-state index in [1.165, 1.54) is 27.4 Å². The number of hydrogen-bond acceptors (Lipinski definition) is 7. The Kier molecular flexibility index (Phi) is 8.39. The minimum absolute atomic E-state index is 0.000702. The van der Waals surface area contributed by atoms with Gasteiger partial charge in [0.2, 0.25) is 5.75 Å². The van der Waals surface area contributed by atoms with Gasteiger partial charge in [-0.2, -0.15) is 0 Å². The number of rotatable bonds is 9. The highest BCUT2D eigenvalue weighted by molar-refractivity contribution is 6.05. The molecule has 184 valence electrons. The van der Waals surface area contributed by atoms with Gasteiger partial charge < -0.3 is 34.7 Å². The summed E-state index contributed by atoms with van der Waals surface area (Å²) >= 11 is 0. The molecule has 3 rings (SSSR count). The minimum Gasteiger partial charge on any atom is -0.506 e. The lowest BCUT2D eigenvalue weighted by Gasteiger charge is -2.16. The lowest BCUT2D eigenvalue weighted by molar-refractivity contribution is 0.102. The van der Waals surface area contributed by atoms with Gasteiger partial charge in [-0.25, -0.2) is 4.79 Å². The van der Waals surface area contributed by atoms with Crippen LogP contribution in [0.15, 0.2) is 60.7 Å². The molecule has 0 aliphatic rings. The van der Waals surface area contributed by atoms with Crippen molar-refractivity contribution >= 4 is 17.7 Å². The smallest absolute Gasteiger partial charge is 0.407 e. The lowest BCUT2D eigenvalue weighted by Crippen LogP contribution is -2.27. The summed E-state index contributed by atoms with van der Waals surface area (Å²) in [7, 11) is 4.53. The highest BCUT2D eigenvalue weighted by Crippen LogP contribution is 2.38. The fourth-order valence-electron chi connectivity index (χ4n) is 3.37. The molecular formula is C26H28N2O7. The van der Waals surface area contributed by atoms with E-state index in [2.05, 4.69) is 10.6 Å². The van der Waals surface area contributed by atoms with Crippen molar-refractivity contribution in [3.05, 3.63) is 77.4 Å². The maximum Gasteiger partial charge on any atom is 0.407 e. The largest absolute Gasteiger partial charge is 0.506 e. The van der Waals surface area contributed by atoms with E-state index in [9.17, 15) is 14.7 Å².